The number of nitrogens with zero attached hydrogens (tertiary/aromatic N) is 2. The minimum absolute atomic E-state index is 0.0561. The number of halogens is 3. The molecular weight excluding hydrogens is 459 g/mol. The van der Waals surface area contributed by atoms with Gasteiger partial charge in [-0.2, -0.15) is 4.99 Å². The topological polar surface area (TPSA) is 76.0 Å². The van der Waals surface area contributed by atoms with E-state index in [0.29, 0.717) is 15.7 Å². The van der Waals surface area contributed by atoms with Crippen molar-refractivity contribution in [1.82, 2.24) is 0 Å². The molecule has 0 bridgehead atoms. The van der Waals surface area contributed by atoms with Crippen molar-refractivity contribution in [1.29, 1.82) is 0 Å². The fourth-order valence-electron chi connectivity index (χ4n) is 2.34. The first-order chi connectivity index (χ1) is 13.8. The highest BCUT2D eigenvalue weighted by atomic mass is 35.5. The van der Waals surface area contributed by atoms with Crippen molar-refractivity contribution in [3.8, 4) is 0 Å². The van der Waals surface area contributed by atoms with Gasteiger partial charge in [0.2, 0.25) is 0 Å². The van der Waals surface area contributed by atoms with E-state index < -0.39 is 17.8 Å². The van der Waals surface area contributed by atoms with E-state index in [0.717, 1.165) is 17.8 Å². The van der Waals surface area contributed by atoms with Crippen LogP contribution in [0.5, 0.6) is 0 Å². The van der Waals surface area contributed by atoms with E-state index in [1.165, 1.54) is 30.2 Å². The Morgan fingerprint density at radius 2 is 1.72 bits per heavy atom. The summed E-state index contributed by atoms with van der Waals surface area (Å²) in [5.41, 5.74) is 0.548. The summed E-state index contributed by atoms with van der Waals surface area (Å²) in [5.74, 6) is -1.90. The highest BCUT2D eigenvalue weighted by Crippen LogP contribution is 2.36. The first-order valence-corrected chi connectivity index (χ1v) is 9.91. The minimum Gasteiger partial charge on any atom is -0.466 e. The number of benzene rings is 2. The summed E-state index contributed by atoms with van der Waals surface area (Å²) in [6, 6.07) is 10.7. The highest BCUT2D eigenvalue weighted by Gasteiger charge is 2.36. The van der Waals surface area contributed by atoms with Crippen LogP contribution in [0.1, 0.15) is 10.4 Å². The number of carbonyl (C=O) groups is 3. The third kappa shape index (κ3) is 4.82. The van der Waals surface area contributed by atoms with Gasteiger partial charge in [0.15, 0.2) is 5.17 Å². The average molecular weight is 470 g/mol. The summed E-state index contributed by atoms with van der Waals surface area (Å²) in [4.78, 5) is 42.4. The molecule has 0 N–H and O–H groups in total. The number of ether oxygens (including phenoxy) is 1. The molecule has 0 spiro atoms. The Kier molecular flexibility index (Phi) is 6.64. The third-order valence-corrected chi connectivity index (χ3v) is 5.47. The number of esters is 1. The number of aliphatic imine (C=N–C) groups is 1. The number of carbonyl (C=O) groups excluding carboxylic acids is 3. The number of thioether (sulfide) groups is 1. The molecule has 1 aliphatic rings. The van der Waals surface area contributed by atoms with Crippen molar-refractivity contribution in [3.05, 3.63) is 74.1 Å². The Morgan fingerprint density at radius 3 is 2.34 bits per heavy atom. The van der Waals surface area contributed by atoms with Crippen LogP contribution in [0.15, 0.2) is 58.4 Å². The molecule has 3 rings (SSSR count). The number of hydrogen-bond donors (Lipinski definition) is 0. The van der Waals surface area contributed by atoms with Crippen LogP contribution in [0.4, 0.5) is 5.69 Å². The maximum Gasteiger partial charge on any atom is 0.331 e. The number of hydrogen-bond acceptors (Lipinski definition) is 5. The van der Waals surface area contributed by atoms with Crippen LogP contribution in [-0.4, -0.2) is 30.1 Å². The van der Waals surface area contributed by atoms with Crippen LogP contribution >= 0.6 is 46.6 Å². The van der Waals surface area contributed by atoms with Crippen LogP contribution < -0.4 is 4.90 Å². The van der Waals surface area contributed by atoms with Gasteiger partial charge in [-0.3, -0.25) is 14.5 Å². The molecule has 2 amide bonds. The number of anilines is 1. The van der Waals surface area contributed by atoms with Gasteiger partial charge in [-0.25, -0.2) is 4.79 Å². The third-order valence-electron chi connectivity index (χ3n) is 3.70. The standard InChI is InChI=1S/C19H11Cl3N2O4S/c1-28-16(25)9-15-18(27)24(12-5-2-10(20)3-6-12)19(29-15)23-17(26)13-7-4-11(21)8-14(13)22/h2-9H,1H3/b15-9-,23-19?. The molecule has 1 saturated heterocycles. The lowest BCUT2D eigenvalue weighted by Crippen LogP contribution is -2.29. The number of amidine groups is 1. The monoisotopic (exact) mass is 468 g/mol. The first kappa shape index (κ1) is 21.4. The van der Waals surface area contributed by atoms with Gasteiger partial charge in [0.05, 0.1) is 28.3 Å². The summed E-state index contributed by atoms with van der Waals surface area (Å²) >= 11 is 18.7. The SMILES string of the molecule is COC(=O)/C=C1\SC(=NC(=O)c2ccc(Cl)cc2Cl)N(c2ccc(Cl)cc2)C1=O. The molecule has 0 aromatic heterocycles. The lowest BCUT2D eigenvalue weighted by atomic mass is 10.2. The minimum atomic E-state index is -0.703. The molecule has 29 heavy (non-hydrogen) atoms. The molecule has 148 valence electrons. The predicted molar refractivity (Wildman–Crippen MR) is 115 cm³/mol. The Labute approximate surface area is 185 Å². The van der Waals surface area contributed by atoms with Crippen molar-refractivity contribution in [2.75, 3.05) is 12.0 Å². The normalized spacial score (nSPS) is 16.6. The van der Waals surface area contributed by atoms with E-state index in [2.05, 4.69) is 9.73 Å². The molecule has 0 atom stereocenters. The van der Waals surface area contributed by atoms with E-state index in [4.69, 9.17) is 34.8 Å². The van der Waals surface area contributed by atoms with Crippen molar-refractivity contribution in [3.63, 3.8) is 0 Å². The van der Waals surface area contributed by atoms with Gasteiger partial charge >= 0.3 is 5.97 Å². The van der Waals surface area contributed by atoms with Gasteiger partial charge in [-0.05, 0) is 54.2 Å². The Hall–Kier alpha value is -2.32. The largest absolute Gasteiger partial charge is 0.466 e. The zero-order valence-corrected chi connectivity index (χ0v) is 17.8. The van der Waals surface area contributed by atoms with E-state index >= 15 is 0 Å². The first-order valence-electron chi connectivity index (χ1n) is 7.95. The van der Waals surface area contributed by atoms with Crippen molar-refractivity contribution < 1.29 is 19.1 Å². The summed E-state index contributed by atoms with van der Waals surface area (Å²) in [6.45, 7) is 0. The summed E-state index contributed by atoms with van der Waals surface area (Å²) < 4.78 is 4.58. The second kappa shape index (κ2) is 9.00. The molecule has 0 unspecified atom stereocenters. The molecular formula is C19H11Cl3N2O4S. The van der Waals surface area contributed by atoms with Crippen molar-refractivity contribution in [2.24, 2.45) is 4.99 Å². The van der Waals surface area contributed by atoms with Crippen LogP contribution in [0.2, 0.25) is 15.1 Å². The summed E-state index contributed by atoms with van der Waals surface area (Å²) in [6.07, 6.45) is 1.04. The molecule has 10 heteroatoms. The smallest absolute Gasteiger partial charge is 0.331 e. The van der Waals surface area contributed by atoms with E-state index in [1.54, 1.807) is 24.3 Å². The van der Waals surface area contributed by atoms with Gasteiger partial charge in [0.1, 0.15) is 0 Å². The van der Waals surface area contributed by atoms with E-state index in [9.17, 15) is 14.4 Å². The molecule has 1 heterocycles. The molecule has 0 saturated carbocycles. The fourth-order valence-corrected chi connectivity index (χ4v) is 3.90. The maximum atomic E-state index is 12.8. The molecule has 2 aromatic rings. The van der Waals surface area contributed by atoms with Gasteiger partial charge in [0.25, 0.3) is 11.8 Å². The average Bonchev–Trinajstić information content (AvgIpc) is 2.97. The second-order valence-corrected chi connectivity index (χ2v) is 7.86. The number of methoxy groups -OCH3 is 1. The lowest BCUT2D eigenvalue weighted by molar-refractivity contribution is -0.135. The Morgan fingerprint density at radius 1 is 1.07 bits per heavy atom. The number of rotatable bonds is 3. The molecule has 1 aliphatic heterocycles. The van der Waals surface area contributed by atoms with Crippen LogP contribution in [0, 0.1) is 0 Å². The quantitative estimate of drug-likeness (QED) is 0.468. The zero-order valence-electron chi connectivity index (χ0n) is 14.7. The molecule has 2 aromatic carbocycles. The van der Waals surface area contributed by atoms with Crippen LogP contribution in [0.3, 0.4) is 0 Å². The second-order valence-electron chi connectivity index (χ2n) is 5.57. The van der Waals surface area contributed by atoms with Crippen molar-refractivity contribution in [2.45, 2.75) is 0 Å². The van der Waals surface area contributed by atoms with Crippen LogP contribution in [-0.2, 0) is 14.3 Å². The molecule has 0 radical (unpaired) electrons. The van der Waals surface area contributed by atoms with E-state index in [1.807, 2.05) is 0 Å². The van der Waals surface area contributed by atoms with Gasteiger partial charge in [0, 0.05) is 16.1 Å². The molecule has 0 aliphatic carbocycles. The van der Waals surface area contributed by atoms with Gasteiger partial charge < -0.3 is 4.74 Å². The molecule has 6 nitrogen and oxygen atoms in total. The summed E-state index contributed by atoms with van der Waals surface area (Å²) in [5, 5.41) is 1.03. The van der Waals surface area contributed by atoms with Crippen molar-refractivity contribution >= 4 is 75.2 Å². The lowest BCUT2D eigenvalue weighted by Gasteiger charge is -2.15. The van der Waals surface area contributed by atoms with E-state index in [-0.39, 0.29) is 20.7 Å². The fraction of sp³-hybridized carbons (Fsp3) is 0.0526. The highest BCUT2D eigenvalue weighted by molar-refractivity contribution is 8.19. The Bertz CT molecular complexity index is 1070. The van der Waals surface area contributed by atoms with Gasteiger partial charge in [-0.15, -0.1) is 0 Å². The molecule has 1 fully saturated rings. The number of amides is 2. The predicted octanol–water partition coefficient (Wildman–Crippen LogP) is 4.98. The van der Waals surface area contributed by atoms with Crippen LogP contribution in [0.25, 0.3) is 0 Å². The van der Waals surface area contributed by atoms with Gasteiger partial charge in [-0.1, -0.05) is 34.8 Å². The maximum absolute atomic E-state index is 12.8. The summed E-state index contributed by atoms with van der Waals surface area (Å²) in [7, 11) is 1.20. The Balaban J connectivity index is 2.05. The zero-order chi connectivity index (χ0) is 21.1.